The molecule has 1 heterocycles. The van der Waals surface area contributed by atoms with Crippen molar-refractivity contribution >= 4 is 24.1 Å². The molecule has 0 radical (unpaired) electrons. The fourth-order valence-electron chi connectivity index (χ4n) is 3.07. The van der Waals surface area contributed by atoms with Crippen LogP contribution in [0.3, 0.4) is 0 Å². The molecule has 0 aliphatic carbocycles. The van der Waals surface area contributed by atoms with E-state index in [1.165, 1.54) is 16.2 Å². The molecule has 128 valence electrons. The summed E-state index contributed by atoms with van der Waals surface area (Å²) in [7, 11) is -0.725. The maximum absolute atomic E-state index is 4.95. The van der Waals surface area contributed by atoms with Crippen LogP contribution in [0.15, 0.2) is 91.1 Å². The van der Waals surface area contributed by atoms with Crippen LogP contribution in [0.25, 0.3) is 5.69 Å². The third kappa shape index (κ3) is 3.34. The first-order valence-corrected chi connectivity index (χ1v) is 10.1. The molecule has 0 spiro atoms. The minimum atomic E-state index is -0.725. The number of aromatic nitrogens is 2. The molecule has 0 N–H and O–H groups in total. The number of nitrogens with zero attached hydrogens (tertiary/aromatic N) is 2. The Morgan fingerprint density at radius 3 is 1.77 bits per heavy atom. The first-order chi connectivity index (χ1) is 12.7. The van der Waals surface area contributed by atoms with Crippen molar-refractivity contribution in [1.29, 1.82) is 0 Å². The number of hydrogen-bond acceptors (Lipinski definition) is 1. The van der Waals surface area contributed by atoms with Gasteiger partial charge < -0.3 is 0 Å². The SMILES string of the molecule is Cc1ccc(-n2cc(C)nc2P(c2ccccc2)c2ccccc2)cc1. The van der Waals surface area contributed by atoms with Crippen molar-refractivity contribution in [2.45, 2.75) is 13.8 Å². The summed E-state index contributed by atoms with van der Waals surface area (Å²) in [6.45, 7) is 4.18. The van der Waals surface area contributed by atoms with Crippen molar-refractivity contribution in [2.24, 2.45) is 0 Å². The van der Waals surface area contributed by atoms with E-state index >= 15 is 0 Å². The molecule has 26 heavy (non-hydrogen) atoms. The van der Waals surface area contributed by atoms with Crippen LogP contribution >= 0.6 is 7.92 Å². The average Bonchev–Trinajstić information content (AvgIpc) is 3.05. The van der Waals surface area contributed by atoms with Gasteiger partial charge in [0.2, 0.25) is 0 Å². The van der Waals surface area contributed by atoms with E-state index in [1.54, 1.807) is 0 Å². The van der Waals surface area contributed by atoms with Gasteiger partial charge in [-0.05, 0) is 36.6 Å². The highest BCUT2D eigenvalue weighted by atomic mass is 31.1. The van der Waals surface area contributed by atoms with Crippen molar-refractivity contribution in [3.8, 4) is 5.69 Å². The van der Waals surface area contributed by atoms with E-state index in [2.05, 4.69) is 110 Å². The first-order valence-electron chi connectivity index (χ1n) is 8.75. The van der Waals surface area contributed by atoms with E-state index in [0.29, 0.717) is 0 Å². The molecule has 3 aromatic carbocycles. The Morgan fingerprint density at radius 2 is 1.23 bits per heavy atom. The third-order valence-corrected chi connectivity index (χ3v) is 6.69. The van der Waals surface area contributed by atoms with E-state index in [0.717, 1.165) is 16.9 Å². The second-order valence-corrected chi connectivity index (χ2v) is 8.50. The maximum Gasteiger partial charge on any atom is 0.145 e. The quantitative estimate of drug-likeness (QED) is 0.500. The zero-order valence-electron chi connectivity index (χ0n) is 15.0. The molecule has 0 unspecified atom stereocenters. The lowest BCUT2D eigenvalue weighted by Crippen LogP contribution is -2.27. The van der Waals surface area contributed by atoms with Crippen molar-refractivity contribution in [3.05, 3.63) is 102 Å². The highest BCUT2D eigenvalue weighted by Gasteiger charge is 2.22. The maximum atomic E-state index is 4.95. The molecule has 0 fully saturated rings. The van der Waals surface area contributed by atoms with Crippen molar-refractivity contribution in [3.63, 3.8) is 0 Å². The fourth-order valence-corrected chi connectivity index (χ4v) is 5.42. The van der Waals surface area contributed by atoms with Gasteiger partial charge in [-0.1, -0.05) is 78.4 Å². The molecule has 0 amide bonds. The van der Waals surface area contributed by atoms with Crippen LogP contribution in [0.4, 0.5) is 0 Å². The van der Waals surface area contributed by atoms with Gasteiger partial charge in [-0.3, -0.25) is 4.57 Å². The number of hydrogen-bond donors (Lipinski definition) is 0. The standard InChI is InChI=1S/C23H21N2P/c1-18-13-15-20(16-14-18)25-17-19(2)24-23(25)26(21-9-5-3-6-10-21)22-11-7-4-8-12-22/h3-17H,1-2H3. The predicted octanol–water partition coefficient (Wildman–Crippen LogP) is 4.25. The van der Waals surface area contributed by atoms with E-state index in [1.807, 2.05) is 0 Å². The Morgan fingerprint density at radius 1 is 0.692 bits per heavy atom. The number of benzene rings is 3. The highest BCUT2D eigenvalue weighted by Crippen LogP contribution is 2.33. The second kappa shape index (κ2) is 7.27. The van der Waals surface area contributed by atoms with Crippen LogP contribution in [0.1, 0.15) is 11.3 Å². The molecule has 2 nitrogen and oxygen atoms in total. The van der Waals surface area contributed by atoms with Gasteiger partial charge in [0.15, 0.2) is 0 Å². The Kier molecular flexibility index (Phi) is 4.69. The summed E-state index contributed by atoms with van der Waals surface area (Å²) in [6, 6.07) is 30.1. The lowest BCUT2D eigenvalue weighted by Gasteiger charge is -2.19. The van der Waals surface area contributed by atoms with Gasteiger partial charge in [0, 0.05) is 19.8 Å². The van der Waals surface area contributed by atoms with E-state index in [-0.39, 0.29) is 0 Å². The summed E-state index contributed by atoms with van der Waals surface area (Å²) in [6.07, 6.45) is 2.14. The Bertz CT molecular complexity index is 950. The van der Waals surface area contributed by atoms with E-state index in [4.69, 9.17) is 4.98 Å². The Balaban J connectivity index is 1.91. The van der Waals surface area contributed by atoms with E-state index < -0.39 is 7.92 Å². The summed E-state index contributed by atoms with van der Waals surface area (Å²) in [5.74, 6) is 0. The molecule has 4 aromatic rings. The lowest BCUT2D eigenvalue weighted by atomic mass is 10.2. The van der Waals surface area contributed by atoms with Gasteiger partial charge in [0.1, 0.15) is 5.57 Å². The summed E-state index contributed by atoms with van der Waals surface area (Å²) in [4.78, 5) is 4.95. The highest BCUT2D eigenvalue weighted by molar-refractivity contribution is 7.79. The summed E-state index contributed by atoms with van der Waals surface area (Å²) >= 11 is 0. The summed E-state index contributed by atoms with van der Waals surface area (Å²) in [5, 5.41) is 2.63. The number of imidazole rings is 1. The van der Waals surface area contributed by atoms with E-state index in [9.17, 15) is 0 Å². The van der Waals surface area contributed by atoms with Crippen molar-refractivity contribution in [1.82, 2.24) is 9.55 Å². The largest absolute Gasteiger partial charge is 0.299 e. The molecule has 0 bridgehead atoms. The molecule has 0 aliphatic heterocycles. The molecule has 0 saturated carbocycles. The third-order valence-electron chi connectivity index (χ3n) is 4.35. The number of rotatable bonds is 4. The summed E-state index contributed by atoms with van der Waals surface area (Å²) < 4.78 is 2.25. The van der Waals surface area contributed by atoms with Crippen LogP contribution in [-0.4, -0.2) is 9.55 Å². The van der Waals surface area contributed by atoms with Crippen LogP contribution in [0, 0.1) is 13.8 Å². The Hall–Kier alpha value is -2.70. The van der Waals surface area contributed by atoms with Gasteiger partial charge in [0.05, 0.1) is 5.69 Å². The van der Waals surface area contributed by atoms with Crippen molar-refractivity contribution in [2.75, 3.05) is 0 Å². The molecule has 0 aliphatic rings. The minimum Gasteiger partial charge on any atom is -0.299 e. The van der Waals surface area contributed by atoms with Crippen molar-refractivity contribution < 1.29 is 0 Å². The van der Waals surface area contributed by atoms with Gasteiger partial charge >= 0.3 is 0 Å². The zero-order chi connectivity index (χ0) is 17.9. The first kappa shape index (κ1) is 16.8. The van der Waals surface area contributed by atoms with Gasteiger partial charge in [-0.25, -0.2) is 4.98 Å². The monoisotopic (exact) mass is 356 g/mol. The second-order valence-electron chi connectivity index (χ2n) is 6.39. The normalized spacial score (nSPS) is 11.0. The Labute approximate surface area is 155 Å². The average molecular weight is 356 g/mol. The molecule has 3 heteroatoms. The number of aryl methyl sites for hydroxylation is 2. The smallest absolute Gasteiger partial charge is 0.145 e. The van der Waals surface area contributed by atoms with Gasteiger partial charge in [-0.2, -0.15) is 0 Å². The zero-order valence-corrected chi connectivity index (χ0v) is 15.9. The molecule has 4 rings (SSSR count). The van der Waals surface area contributed by atoms with Gasteiger partial charge in [-0.15, -0.1) is 0 Å². The van der Waals surface area contributed by atoms with Crippen LogP contribution < -0.4 is 16.2 Å². The van der Waals surface area contributed by atoms with Gasteiger partial charge in [0.25, 0.3) is 0 Å². The molecular formula is C23H21N2P. The lowest BCUT2D eigenvalue weighted by molar-refractivity contribution is 1.10. The topological polar surface area (TPSA) is 17.8 Å². The van der Waals surface area contributed by atoms with Crippen LogP contribution in [0.5, 0.6) is 0 Å². The fraction of sp³-hybridized carbons (Fsp3) is 0.0870. The predicted molar refractivity (Wildman–Crippen MR) is 112 cm³/mol. The molecular weight excluding hydrogens is 335 g/mol. The minimum absolute atomic E-state index is 0.725. The summed E-state index contributed by atoms with van der Waals surface area (Å²) in [5.41, 5.74) is 4.57. The molecule has 0 atom stereocenters. The molecule has 0 saturated heterocycles. The van der Waals surface area contributed by atoms with Crippen LogP contribution in [0.2, 0.25) is 0 Å². The molecule has 1 aromatic heterocycles. The van der Waals surface area contributed by atoms with Crippen LogP contribution in [-0.2, 0) is 0 Å².